The Morgan fingerprint density at radius 2 is 1.56 bits per heavy atom. The topological polar surface area (TPSA) is 231 Å². The van der Waals surface area contributed by atoms with E-state index in [1.165, 1.54) is 32.0 Å². The van der Waals surface area contributed by atoms with Crippen LogP contribution < -0.4 is 21.1 Å². The van der Waals surface area contributed by atoms with Crippen LogP contribution in [0.2, 0.25) is 5.02 Å². The summed E-state index contributed by atoms with van der Waals surface area (Å²) in [4.78, 5) is 37.1. The molecular weight excluding hydrogens is 1080 g/mol. The summed E-state index contributed by atoms with van der Waals surface area (Å²) in [6, 6.07) is 4.90. The van der Waals surface area contributed by atoms with Gasteiger partial charge >= 0.3 is 12.4 Å². The van der Waals surface area contributed by atoms with Crippen molar-refractivity contribution in [3.05, 3.63) is 93.0 Å². The van der Waals surface area contributed by atoms with Crippen molar-refractivity contribution in [3.8, 4) is 11.1 Å². The van der Waals surface area contributed by atoms with Crippen molar-refractivity contribution >= 4 is 66.0 Å². The van der Waals surface area contributed by atoms with Crippen LogP contribution in [0.15, 0.2) is 47.5 Å². The first-order valence-corrected chi connectivity index (χ1v) is 26.9. The van der Waals surface area contributed by atoms with E-state index >= 15 is 0 Å². The number of aryl methyl sites for hydroxylation is 1. The number of sulfone groups is 1. The SMILES string of the molecule is CC(C)(CCc1ccc(-c2ccc(Cl)c3c(N(C(=O)C4CC(N=C(N)N)C4)S(C)(=O)=O)nn(CC(F)(F)F)c23)c([C@H](Cc2cc(F)cc(F)c2)NC(=O)Cn2nc(C(F)(F)F)c([C@H]3CC3CF)c2CF)n1)S(C)(=O)=O. The summed E-state index contributed by atoms with van der Waals surface area (Å²) in [6.45, 7) is -2.81. The molecule has 2 aliphatic rings. The number of nitrogens with two attached hydrogens (primary N) is 2. The lowest BCUT2D eigenvalue weighted by molar-refractivity contribution is -0.143. The average Bonchev–Trinajstić information content (AvgIpc) is 3.82. The van der Waals surface area contributed by atoms with Gasteiger partial charge in [-0.1, -0.05) is 23.7 Å². The third kappa shape index (κ3) is 12.5. The molecule has 0 radical (unpaired) electrons. The Labute approximate surface area is 427 Å². The van der Waals surface area contributed by atoms with Gasteiger partial charge < -0.3 is 16.8 Å². The molecule has 2 amide bonds. The van der Waals surface area contributed by atoms with Gasteiger partial charge in [-0.25, -0.2) is 30.0 Å². The first-order valence-electron chi connectivity index (χ1n) is 22.8. The van der Waals surface area contributed by atoms with E-state index in [2.05, 4.69) is 20.5 Å². The van der Waals surface area contributed by atoms with Crippen molar-refractivity contribution in [2.45, 2.75) is 107 Å². The van der Waals surface area contributed by atoms with Gasteiger partial charge in [-0.15, -0.1) is 0 Å². The van der Waals surface area contributed by atoms with Gasteiger partial charge in [0.2, 0.25) is 21.8 Å². The Hall–Kier alpha value is -6.03. The highest BCUT2D eigenvalue weighted by atomic mass is 35.5. The quantitative estimate of drug-likeness (QED) is 0.0415. The Bertz CT molecular complexity index is 3280. The zero-order valence-corrected chi connectivity index (χ0v) is 42.6. The fraction of sp³-hybridized carbons (Fsp3) is 0.478. The molecule has 3 heterocycles. The van der Waals surface area contributed by atoms with E-state index in [9.17, 15) is 70.3 Å². The van der Waals surface area contributed by atoms with Gasteiger partial charge in [0, 0.05) is 40.6 Å². The maximum absolute atomic E-state index is 14.9. The van der Waals surface area contributed by atoms with Crippen molar-refractivity contribution < 1.29 is 70.3 Å². The molecule has 1 unspecified atom stereocenters. The minimum absolute atomic E-state index is 0.0611. The number of hydrogen-bond donors (Lipinski definition) is 3. The number of nitrogens with one attached hydrogen (secondary N) is 1. The number of rotatable bonds is 19. The third-order valence-electron chi connectivity index (χ3n) is 13.2. The summed E-state index contributed by atoms with van der Waals surface area (Å²) in [7, 11) is -8.47. The first kappa shape index (κ1) is 56.7. The molecule has 0 spiro atoms. The first-order chi connectivity index (χ1) is 34.7. The van der Waals surface area contributed by atoms with Gasteiger partial charge in [-0.3, -0.25) is 33.3 Å². The molecule has 3 atom stereocenters. The highest BCUT2D eigenvalue weighted by molar-refractivity contribution is 7.93. The summed E-state index contributed by atoms with van der Waals surface area (Å²) in [6.07, 6.45) is -9.73. The van der Waals surface area contributed by atoms with Crippen molar-refractivity contribution in [2.75, 3.05) is 23.5 Å². The number of guanidine groups is 1. The number of fused-ring (bicyclic) bond motifs is 1. The van der Waals surface area contributed by atoms with Crippen molar-refractivity contribution in [1.29, 1.82) is 0 Å². The minimum atomic E-state index is -5.18. The second-order valence-corrected chi connectivity index (χ2v) is 24.2. The number of carbonyl (C=O) groups excluding carboxylic acids is 2. The zero-order valence-electron chi connectivity index (χ0n) is 40.2. The predicted octanol–water partition coefficient (Wildman–Crippen LogP) is 7.55. The molecule has 408 valence electrons. The summed E-state index contributed by atoms with van der Waals surface area (Å²) in [5, 5.41) is 9.19. The number of benzene rings is 2. The van der Waals surface area contributed by atoms with Gasteiger partial charge in [0.1, 0.15) is 31.4 Å². The second kappa shape index (κ2) is 20.8. The highest BCUT2D eigenvalue weighted by Crippen LogP contribution is 2.52. The number of pyridine rings is 1. The lowest BCUT2D eigenvalue weighted by atomic mass is 9.80. The molecule has 0 saturated heterocycles. The molecule has 0 bridgehead atoms. The van der Waals surface area contributed by atoms with Gasteiger partial charge in [-0.05, 0) is 94.0 Å². The molecule has 2 aliphatic carbocycles. The lowest BCUT2D eigenvalue weighted by Crippen LogP contribution is -2.46. The van der Waals surface area contributed by atoms with Crippen LogP contribution in [0, 0.1) is 23.5 Å². The van der Waals surface area contributed by atoms with Crippen LogP contribution in [0.1, 0.15) is 85.4 Å². The number of hydrogen-bond acceptors (Lipinski definition) is 10. The molecule has 2 saturated carbocycles. The molecule has 2 aromatic carbocycles. The molecule has 5 aromatic rings. The van der Waals surface area contributed by atoms with E-state index in [1.54, 1.807) is 0 Å². The molecule has 5 N–H and O–H groups in total. The summed E-state index contributed by atoms with van der Waals surface area (Å²) < 4.78 is 197. The monoisotopic (exact) mass is 1130 g/mol. The van der Waals surface area contributed by atoms with E-state index in [-0.39, 0.29) is 70.4 Å². The van der Waals surface area contributed by atoms with E-state index in [1.807, 2.05) is 0 Å². The van der Waals surface area contributed by atoms with Crippen LogP contribution in [0.25, 0.3) is 22.0 Å². The number of sulfonamides is 1. The van der Waals surface area contributed by atoms with E-state index in [0.29, 0.717) is 21.7 Å². The molecule has 7 rings (SSSR count). The van der Waals surface area contributed by atoms with Crippen molar-refractivity contribution in [2.24, 2.45) is 28.3 Å². The fourth-order valence-electron chi connectivity index (χ4n) is 9.08. The number of nitrogens with zero attached hydrogens (tertiary/aromatic N) is 7. The lowest BCUT2D eigenvalue weighted by Gasteiger charge is -2.34. The third-order valence-corrected chi connectivity index (χ3v) is 16.8. The van der Waals surface area contributed by atoms with Gasteiger partial charge in [0.15, 0.2) is 27.3 Å². The van der Waals surface area contributed by atoms with Gasteiger partial charge in [0.25, 0.3) is 0 Å². The second-order valence-electron chi connectivity index (χ2n) is 19.3. The maximum atomic E-state index is 14.9. The van der Waals surface area contributed by atoms with Crippen LogP contribution in [0.4, 0.5) is 49.7 Å². The van der Waals surface area contributed by atoms with E-state index < -0.39 is 162 Å². The van der Waals surface area contributed by atoms with Crippen LogP contribution in [-0.4, -0.2) is 95.3 Å². The summed E-state index contributed by atoms with van der Waals surface area (Å²) in [5.74, 6) is -8.72. The molecule has 2 fully saturated rings. The van der Waals surface area contributed by atoms with Crippen LogP contribution in [0.3, 0.4) is 0 Å². The molecule has 16 nitrogen and oxygen atoms in total. The maximum Gasteiger partial charge on any atom is 0.435 e. The van der Waals surface area contributed by atoms with Crippen molar-refractivity contribution in [3.63, 3.8) is 0 Å². The van der Waals surface area contributed by atoms with E-state index in [4.69, 9.17) is 28.1 Å². The largest absolute Gasteiger partial charge is 0.435 e. The molecule has 3 aromatic heterocycles. The smallest absolute Gasteiger partial charge is 0.370 e. The van der Waals surface area contributed by atoms with Crippen LogP contribution in [0.5, 0.6) is 0 Å². The van der Waals surface area contributed by atoms with Gasteiger partial charge in [-0.2, -0.15) is 40.8 Å². The molecule has 0 aliphatic heterocycles. The summed E-state index contributed by atoms with van der Waals surface area (Å²) in [5.41, 5.74) is 6.59. The number of amides is 2. The molecular formula is C46H49ClF10N10O6S2. The van der Waals surface area contributed by atoms with Gasteiger partial charge in [0.05, 0.1) is 57.1 Å². The van der Waals surface area contributed by atoms with Crippen molar-refractivity contribution in [1.82, 2.24) is 29.9 Å². The normalized spacial score (nSPS) is 18.7. The molecule has 75 heavy (non-hydrogen) atoms. The Morgan fingerprint density at radius 3 is 2.11 bits per heavy atom. The Morgan fingerprint density at radius 1 is 0.920 bits per heavy atom. The Balaban J connectivity index is 1.45. The Kier molecular flexibility index (Phi) is 15.7. The van der Waals surface area contributed by atoms with E-state index in [0.717, 1.165) is 24.5 Å². The minimum Gasteiger partial charge on any atom is -0.370 e. The average molecular weight is 1130 g/mol. The van der Waals surface area contributed by atoms with Crippen LogP contribution in [-0.2, 0) is 68.2 Å². The highest BCUT2D eigenvalue weighted by Gasteiger charge is 2.49. The standard InChI is InChI=1S/C46H49ClF10N10O6S2/c1-44(2,74(3,70)71)10-9-27-5-6-29(30-7-8-32(47)37-39(30)66(21-45(52,53)54)64-41(37)67(75(4,72)73)42(69)23-14-28(15-23)61-43(58)59)38(60-27)33(13-22-11-25(50)17-26(51)12-22)62-35(68)20-65-34(19-49)36(31-16-24(31)18-48)40(63-65)46(55,56)57/h5-8,11-12,17,23-24,28,31,33H,9-10,13-16,18-21H2,1-4H3,(H,62,68)(H4,58,59,61)/t23?,24?,28?,31-,33-/m0/s1. The summed E-state index contributed by atoms with van der Waals surface area (Å²) >= 11 is 6.72. The fourth-order valence-corrected chi connectivity index (χ4v) is 10.7. The number of anilines is 1. The zero-order chi connectivity index (χ0) is 55.5. The molecule has 29 heteroatoms. The van der Waals surface area contributed by atoms with Crippen LogP contribution >= 0.6 is 11.6 Å². The number of carbonyl (C=O) groups is 2. The predicted molar refractivity (Wildman–Crippen MR) is 256 cm³/mol. The number of alkyl halides is 8. The number of aliphatic imine (C=N–C) groups is 1. The number of halogens is 11. The number of aromatic nitrogens is 5.